The third-order valence-electron chi connectivity index (χ3n) is 3.58. The van der Waals surface area contributed by atoms with E-state index in [4.69, 9.17) is 0 Å². The molecule has 1 heterocycles. The molecule has 22 heavy (non-hydrogen) atoms. The van der Waals surface area contributed by atoms with Crippen LogP contribution in [0.15, 0.2) is 65.3 Å². The van der Waals surface area contributed by atoms with Crippen molar-refractivity contribution in [3.63, 3.8) is 0 Å². The number of hydrogen-bond acceptors (Lipinski definition) is 2. The lowest BCUT2D eigenvalue weighted by atomic mass is 10.1. The van der Waals surface area contributed by atoms with E-state index in [1.807, 2.05) is 61.6 Å². The van der Waals surface area contributed by atoms with Crippen LogP contribution in [0.4, 0.5) is 0 Å². The van der Waals surface area contributed by atoms with Crippen LogP contribution in [0.1, 0.15) is 15.9 Å². The average Bonchev–Trinajstić information content (AvgIpc) is 2.55. The molecule has 0 bridgehead atoms. The zero-order valence-electron chi connectivity index (χ0n) is 12.2. The van der Waals surface area contributed by atoms with Crippen LogP contribution in [-0.2, 0) is 6.54 Å². The van der Waals surface area contributed by atoms with Crippen molar-refractivity contribution >= 4 is 32.7 Å². The molecule has 3 rings (SSSR count). The summed E-state index contributed by atoms with van der Waals surface area (Å²) < 4.78 is 1.01. The first-order valence-electron chi connectivity index (χ1n) is 6.99. The summed E-state index contributed by atoms with van der Waals surface area (Å²) in [6, 6.07) is 17.4. The maximum atomic E-state index is 12.7. The molecule has 0 radical (unpaired) electrons. The van der Waals surface area contributed by atoms with E-state index in [0.717, 1.165) is 20.9 Å². The molecule has 0 unspecified atom stereocenters. The fourth-order valence-electron chi connectivity index (χ4n) is 2.44. The second-order valence-corrected chi connectivity index (χ2v) is 5.99. The molecule has 0 saturated carbocycles. The van der Waals surface area contributed by atoms with E-state index >= 15 is 0 Å². The summed E-state index contributed by atoms with van der Waals surface area (Å²) in [5, 5.41) is 0.975. The number of para-hydroxylation sites is 1. The highest BCUT2D eigenvalue weighted by atomic mass is 79.9. The van der Waals surface area contributed by atoms with Gasteiger partial charge in [-0.1, -0.05) is 52.3 Å². The lowest BCUT2D eigenvalue weighted by molar-refractivity contribution is 0.0786. The number of amides is 1. The topological polar surface area (TPSA) is 33.2 Å². The summed E-state index contributed by atoms with van der Waals surface area (Å²) in [6.07, 6.45) is 1.72. The first-order chi connectivity index (χ1) is 10.7. The highest BCUT2D eigenvalue weighted by Gasteiger charge is 2.16. The Labute approximate surface area is 137 Å². The Morgan fingerprint density at radius 3 is 2.68 bits per heavy atom. The van der Waals surface area contributed by atoms with Gasteiger partial charge in [0.2, 0.25) is 0 Å². The summed E-state index contributed by atoms with van der Waals surface area (Å²) in [4.78, 5) is 18.8. The Hall–Kier alpha value is -2.20. The van der Waals surface area contributed by atoms with E-state index in [-0.39, 0.29) is 5.91 Å². The molecule has 110 valence electrons. The van der Waals surface area contributed by atoms with Gasteiger partial charge < -0.3 is 4.90 Å². The number of benzene rings is 2. The molecule has 0 saturated heterocycles. The van der Waals surface area contributed by atoms with Gasteiger partial charge in [0, 0.05) is 29.6 Å². The van der Waals surface area contributed by atoms with Crippen LogP contribution in [-0.4, -0.2) is 22.8 Å². The van der Waals surface area contributed by atoms with Gasteiger partial charge in [0.1, 0.15) is 0 Å². The molecule has 0 spiro atoms. The number of hydrogen-bond donors (Lipinski definition) is 0. The molecule has 2 aromatic carbocycles. The number of carbonyl (C=O) groups is 1. The van der Waals surface area contributed by atoms with Gasteiger partial charge in [-0.25, -0.2) is 0 Å². The molecule has 0 atom stereocenters. The zero-order valence-corrected chi connectivity index (χ0v) is 13.7. The fourth-order valence-corrected chi connectivity index (χ4v) is 2.85. The van der Waals surface area contributed by atoms with E-state index in [1.54, 1.807) is 11.1 Å². The normalized spacial score (nSPS) is 10.6. The smallest absolute Gasteiger partial charge is 0.256 e. The maximum Gasteiger partial charge on any atom is 0.256 e. The third kappa shape index (κ3) is 2.88. The molecule has 0 fully saturated rings. The predicted octanol–water partition coefficient (Wildman–Crippen LogP) is 4.27. The van der Waals surface area contributed by atoms with Crippen molar-refractivity contribution in [2.75, 3.05) is 7.05 Å². The van der Waals surface area contributed by atoms with Gasteiger partial charge in [-0.3, -0.25) is 9.78 Å². The molecule has 0 aliphatic rings. The lowest BCUT2D eigenvalue weighted by Gasteiger charge is -2.19. The summed E-state index contributed by atoms with van der Waals surface area (Å²) >= 11 is 3.52. The first-order valence-corrected chi connectivity index (χ1v) is 7.79. The number of rotatable bonds is 3. The minimum absolute atomic E-state index is 0.0277. The minimum atomic E-state index is -0.0277. The van der Waals surface area contributed by atoms with Gasteiger partial charge in [-0.2, -0.15) is 0 Å². The Kier molecular flexibility index (Phi) is 4.20. The van der Waals surface area contributed by atoms with Crippen molar-refractivity contribution in [3.8, 4) is 0 Å². The summed E-state index contributed by atoms with van der Waals surface area (Å²) in [6.45, 7) is 0.545. The number of carbonyl (C=O) groups excluding carboxylic acids is 1. The predicted molar refractivity (Wildman–Crippen MR) is 91.7 cm³/mol. The highest BCUT2D eigenvalue weighted by Crippen LogP contribution is 2.21. The van der Waals surface area contributed by atoms with Crippen molar-refractivity contribution < 1.29 is 4.79 Å². The first kappa shape index (κ1) is 14.7. The second-order valence-electron chi connectivity index (χ2n) is 5.13. The Balaban J connectivity index is 1.91. The molecule has 0 aliphatic carbocycles. The van der Waals surface area contributed by atoms with E-state index in [0.29, 0.717) is 12.1 Å². The molecule has 1 aromatic heterocycles. The number of fused-ring (bicyclic) bond motifs is 1. The monoisotopic (exact) mass is 354 g/mol. The number of nitrogens with zero attached hydrogens (tertiary/aromatic N) is 2. The van der Waals surface area contributed by atoms with Crippen molar-refractivity contribution in [2.45, 2.75) is 6.54 Å². The van der Waals surface area contributed by atoms with Crippen molar-refractivity contribution in [2.24, 2.45) is 0 Å². The van der Waals surface area contributed by atoms with Crippen molar-refractivity contribution in [1.82, 2.24) is 9.88 Å². The van der Waals surface area contributed by atoms with E-state index in [2.05, 4.69) is 20.9 Å². The molecule has 3 aromatic rings. The van der Waals surface area contributed by atoms with Gasteiger partial charge in [0.05, 0.1) is 11.1 Å². The zero-order chi connectivity index (χ0) is 15.5. The third-order valence-corrected chi connectivity index (χ3v) is 4.35. The molecule has 3 nitrogen and oxygen atoms in total. The van der Waals surface area contributed by atoms with Crippen LogP contribution in [0, 0.1) is 0 Å². The Morgan fingerprint density at radius 2 is 1.86 bits per heavy atom. The number of pyridine rings is 1. The molecule has 0 N–H and O–H groups in total. The molecular formula is C18H15BrN2O. The molecule has 1 amide bonds. The maximum absolute atomic E-state index is 12.7. The van der Waals surface area contributed by atoms with Crippen LogP contribution in [0.25, 0.3) is 10.9 Å². The fraction of sp³-hybridized carbons (Fsp3) is 0.111. The standard InChI is InChI=1S/C18H15BrN2O/c1-21(12-14-6-2-3-10-16(14)19)18(22)15-9-4-7-13-8-5-11-20-17(13)15/h2-11H,12H2,1H3. The number of aromatic nitrogens is 1. The highest BCUT2D eigenvalue weighted by molar-refractivity contribution is 9.10. The van der Waals surface area contributed by atoms with Gasteiger partial charge in [-0.15, -0.1) is 0 Å². The van der Waals surface area contributed by atoms with Crippen LogP contribution < -0.4 is 0 Å². The summed E-state index contributed by atoms with van der Waals surface area (Å²) in [7, 11) is 1.81. The van der Waals surface area contributed by atoms with E-state index in [9.17, 15) is 4.79 Å². The summed E-state index contributed by atoms with van der Waals surface area (Å²) in [5.74, 6) is -0.0277. The molecule has 0 aliphatic heterocycles. The van der Waals surface area contributed by atoms with Gasteiger partial charge in [0.15, 0.2) is 0 Å². The van der Waals surface area contributed by atoms with Crippen molar-refractivity contribution in [3.05, 3.63) is 76.4 Å². The van der Waals surface area contributed by atoms with Crippen LogP contribution >= 0.6 is 15.9 Å². The number of halogens is 1. The van der Waals surface area contributed by atoms with Gasteiger partial charge in [0.25, 0.3) is 5.91 Å². The van der Waals surface area contributed by atoms with E-state index < -0.39 is 0 Å². The molecular weight excluding hydrogens is 340 g/mol. The Morgan fingerprint density at radius 1 is 1.09 bits per heavy atom. The minimum Gasteiger partial charge on any atom is -0.337 e. The lowest BCUT2D eigenvalue weighted by Crippen LogP contribution is -2.26. The van der Waals surface area contributed by atoms with Gasteiger partial charge in [-0.05, 0) is 23.8 Å². The largest absolute Gasteiger partial charge is 0.337 e. The van der Waals surface area contributed by atoms with Crippen LogP contribution in [0.3, 0.4) is 0 Å². The average molecular weight is 355 g/mol. The molecule has 4 heteroatoms. The van der Waals surface area contributed by atoms with E-state index in [1.165, 1.54) is 0 Å². The van der Waals surface area contributed by atoms with Crippen LogP contribution in [0.5, 0.6) is 0 Å². The SMILES string of the molecule is CN(Cc1ccccc1Br)C(=O)c1cccc2cccnc12. The summed E-state index contributed by atoms with van der Waals surface area (Å²) in [5.41, 5.74) is 2.45. The van der Waals surface area contributed by atoms with Crippen molar-refractivity contribution in [1.29, 1.82) is 0 Å². The van der Waals surface area contributed by atoms with Gasteiger partial charge >= 0.3 is 0 Å². The van der Waals surface area contributed by atoms with Crippen LogP contribution in [0.2, 0.25) is 0 Å². The quantitative estimate of drug-likeness (QED) is 0.703. The second kappa shape index (κ2) is 6.28. The Bertz CT molecular complexity index is 827.